The van der Waals surface area contributed by atoms with Crippen LogP contribution >= 0.6 is 0 Å². The molecule has 2 fully saturated rings. The number of carboxylic acid groups (broad SMARTS) is 2. The lowest BCUT2D eigenvalue weighted by Gasteiger charge is -2.16. The number of amides is 2. The van der Waals surface area contributed by atoms with Crippen LogP contribution in [0.25, 0.3) is 0 Å². The Kier molecular flexibility index (Phi) is 34.8. The number of aliphatic hydroxyl groups is 3. The van der Waals surface area contributed by atoms with Crippen molar-refractivity contribution in [2.45, 2.75) is 168 Å². The molecule has 2 aliphatic rings. The standard InChI is InChI=1S/C19H35NO3.C17H31NO3.C6H15NO3/c1-2-3-4-5-6-7-8-9-10-11-12-13-14-20-16-17(19(22)23)15-18(20)21;1-2-3-4-5-6-7-8-9-10-11-12-18-14-15(17(20)21)13-16(18)19;8-4-1-7(2-5-9)3-6-10/h17H,2-16H2,1H3,(H,22,23);15H,2-14H2,1H3,(H,20,21);8-10H,1-6H2. The molecule has 0 radical (unpaired) electrons. The van der Waals surface area contributed by atoms with Crippen LogP contribution in [-0.4, -0.2) is 120 Å². The number of unbranched alkanes of at least 4 members (excludes halogenated alkanes) is 20. The second-order valence-corrected chi connectivity index (χ2v) is 15.4. The first-order valence-electron chi connectivity index (χ1n) is 21.8. The van der Waals surface area contributed by atoms with E-state index in [9.17, 15) is 24.3 Å². The maximum absolute atomic E-state index is 11.7. The topological polar surface area (TPSA) is 183 Å². The van der Waals surface area contributed by atoms with E-state index >= 15 is 0 Å². The van der Waals surface area contributed by atoms with Crippen LogP contribution in [-0.2, 0) is 19.2 Å². The van der Waals surface area contributed by atoms with Gasteiger partial charge >= 0.3 is 5.97 Å². The average molecular weight is 772 g/mol. The maximum atomic E-state index is 11.7. The Morgan fingerprint density at radius 3 is 1.11 bits per heavy atom. The lowest BCUT2D eigenvalue weighted by Crippen LogP contribution is -3.13. The summed E-state index contributed by atoms with van der Waals surface area (Å²) in [5, 5.41) is 45.2. The summed E-state index contributed by atoms with van der Waals surface area (Å²) >= 11 is 0. The molecule has 2 amide bonds. The van der Waals surface area contributed by atoms with Crippen molar-refractivity contribution < 1.29 is 49.6 Å². The third kappa shape index (κ3) is 28.2. The maximum Gasteiger partial charge on any atom is 0.308 e. The number of quaternary nitrogens is 1. The minimum absolute atomic E-state index is 0.0143. The number of likely N-dealkylation sites (tertiary alicyclic amines) is 2. The van der Waals surface area contributed by atoms with Gasteiger partial charge in [-0.25, -0.2) is 0 Å². The van der Waals surface area contributed by atoms with Gasteiger partial charge in [-0.3, -0.25) is 14.4 Å². The molecule has 2 unspecified atom stereocenters. The van der Waals surface area contributed by atoms with Gasteiger partial charge in [0.05, 0.1) is 25.7 Å². The van der Waals surface area contributed by atoms with Gasteiger partial charge in [0.1, 0.15) is 19.6 Å². The number of aliphatic hydroxyl groups excluding tert-OH is 3. The van der Waals surface area contributed by atoms with Crippen LogP contribution in [0.15, 0.2) is 0 Å². The second kappa shape index (κ2) is 36.4. The van der Waals surface area contributed by atoms with Gasteiger partial charge in [0, 0.05) is 50.9 Å². The third-order valence-electron chi connectivity index (χ3n) is 10.6. The zero-order chi connectivity index (χ0) is 40.2. The van der Waals surface area contributed by atoms with Crippen molar-refractivity contribution in [3.05, 3.63) is 0 Å². The van der Waals surface area contributed by atoms with Crippen molar-refractivity contribution >= 4 is 23.8 Å². The summed E-state index contributed by atoms with van der Waals surface area (Å²) in [7, 11) is 0. The first-order valence-corrected chi connectivity index (χ1v) is 21.8. The lowest BCUT2D eigenvalue weighted by molar-refractivity contribution is -0.901. The molecule has 0 saturated carbocycles. The van der Waals surface area contributed by atoms with E-state index in [0.717, 1.165) is 37.1 Å². The Morgan fingerprint density at radius 1 is 0.556 bits per heavy atom. The number of nitrogens with one attached hydrogen (secondary N) is 1. The van der Waals surface area contributed by atoms with Crippen molar-refractivity contribution in [1.82, 2.24) is 9.80 Å². The fourth-order valence-corrected chi connectivity index (χ4v) is 7.08. The second-order valence-electron chi connectivity index (χ2n) is 15.4. The fourth-order valence-electron chi connectivity index (χ4n) is 7.08. The normalized spacial score (nSPS) is 16.8. The first kappa shape index (κ1) is 51.7. The molecule has 0 aromatic heterocycles. The van der Waals surface area contributed by atoms with Gasteiger partial charge in [0.25, 0.3) is 0 Å². The highest BCUT2D eigenvalue weighted by atomic mass is 16.4. The predicted molar refractivity (Wildman–Crippen MR) is 212 cm³/mol. The van der Waals surface area contributed by atoms with Gasteiger partial charge in [-0.15, -0.1) is 0 Å². The summed E-state index contributed by atoms with van der Waals surface area (Å²) in [4.78, 5) is 49.4. The molecule has 2 rings (SSSR count). The van der Waals surface area contributed by atoms with E-state index in [1.807, 2.05) is 0 Å². The molecule has 0 spiro atoms. The molecule has 2 aliphatic heterocycles. The molecule has 0 aliphatic carbocycles. The predicted octanol–water partition coefficient (Wildman–Crippen LogP) is 3.97. The van der Waals surface area contributed by atoms with E-state index in [-0.39, 0.29) is 44.5 Å². The summed E-state index contributed by atoms with van der Waals surface area (Å²) < 4.78 is 0. The monoisotopic (exact) mass is 772 g/mol. The largest absolute Gasteiger partial charge is 0.550 e. The van der Waals surface area contributed by atoms with Crippen LogP contribution in [0.1, 0.15) is 168 Å². The Balaban J connectivity index is 0.000000839. The van der Waals surface area contributed by atoms with E-state index < -0.39 is 23.8 Å². The molecule has 318 valence electrons. The highest BCUT2D eigenvalue weighted by Crippen LogP contribution is 2.20. The van der Waals surface area contributed by atoms with Crippen LogP contribution in [0.3, 0.4) is 0 Å². The van der Waals surface area contributed by atoms with Crippen LogP contribution in [0, 0.1) is 11.8 Å². The number of hydrogen-bond acceptors (Lipinski definition) is 8. The van der Waals surface area contributed by atoms with Crippen LogP contribution in [0.5, 0.6) is 0 Å². The van der Waals surface area contributed by atoms with Crippen molar-refractivity contribution in [2.24, 2.45) is 11.8 Å². The third-order valence-corrected chi connectivity index (χ3v) is 10.6. The van der Waals surface area contributed by atoms with Gasteiger partial charge in [-0.1, -0.05) is 142 Å². The number of carboxylic acids is 2. The molecule has 0 bridgehead atoms. The van der Waals surface area contributed by atoms with Crippen molar-refractivity contribution in [3.63, 3.8) is 0 Å². The summed E-state index contributed by atoms with van der Waals surface area (Å²) in [6, 6.07) is 0. The van der Waals surface area contributed by atoms with Crippen LogP contribution in [0.2, 0.25) is 0 Å². The van der Waals surface area contributed by atoms with Gasteiger partial charge in [-0.05, 0) is 12.8 Å². The van der Waals surface area contributed by atoms with E-state index in [2.05, 4.69) is 13.8 Å². The first-order chi connectivity index (χ1) is 26.1. The number of carbonyl (C=O) groups is 4. The molecule has 0 aromatic rings. The summed E-state index contributed by atoms with van der Waals surface area (Å²) in [6.07, 6.45) is 28.6. The number of nitrogens with zero attached hydrogens (tertiary/aromatic N) is 2. The Morgan fingerprint density at radius 2 is 0.852 bits per heavy atom. The lowest BCUT2D eigenvalue weighted by atomic mass is 10.1. The Bertz CT molecular complexity index is 924. The zero-order valence-corrected chi connectivity index (χ0v) is 34.4. The highest BCUT2D eigenvalue weighted by molar-refractivity contribution is 5.86. The SMILES string of the molecule is CCCCCCCCCCCCCCN1CC(C(=O)O)CC1=O.CCCCCCCCCCCCN1CC(C(=O)[O-])CC1=O.OCC[NH+](CCO)CCO. The van der Waals surface area contributed by atoms with Crippen LogP contribution < -0.4 is 10.0 Å². The smallest absolute Gasteiger partial charge is 0.308 e. The Labute approximate surface area is 328 Å². The summed E-state index contributed by atoms with van der Waals surface area (Å²) in [5.74, 6) is -3.02. The van der Waals surface area contributed by atoms with E-state index in [1.165, 1.54) is 116 Å². The highest BCUT2D eigenvalue weighted by Gasteiger charge is 2.33. The van der Waals surface area contributed by atoms with E-state index in [1.54, 1.807) is 9.80 Å². The van der Waals surface area contributed by atoms with Crippen molar-refractivity contribution in [3.8, 4) is 0 Å². The van der Waals surface area contributed by atoms with Crippen LogP contribution in [0.4, 0.5) is 0 Å². The summed E-state index contributed by atoms with van der Waals surface area (Å²) in [6.45, 7) is 8.80. The fraction of sp³-hybridized carbons (Fsp3) is 0.905. The number of aliphatic carboxylic acids is 2. The molecular weight excluding hydrogens is 690 g/mol. The minimum Gasteiger partial charge on any atom is -0.550 e. The molecular formula is C42H81N3O9. The van der Waals surface area contributed by atoms with Crippen molar-refractivity contribution in [2.75, 3.05) is 65.6 Å². The molecule has 0 aromatic carbocycles. The Hall–Kier alpha value is -2.28. The van der Waals surface area contributed by atoms with Gasteiger partial charge in [0.2, 0.25) is 11.8 Å². The number of hydrogen-bond donors (Lipinski definition) is 5. The van der Waals surface area contributed by atoms with Crippen molar-refractivity contribution in [1.29, 1.82) is 0 Å². The van der Waals surface area contributed by atoms with Gasteiger partial charge in [0.15, 0.2) is 0 Å². The molecule has 2 atom stereocenters. The zero-order valence-electron chi connectivity index (χ0n) is 34.4. The van der Waals surface area contributed by atoms with Gasteiger partial charge < -0.3 is 45.0 Å². The quantitative estimate of drug-likeness (QED) is 0.0632. The molecule has 12 nitrogen and oxygen atoms in total. The van der Waals surface area contributed by atoms with Gasteiger partial charge in [-0.2, -0.15) is 0 Å². The number of carbonyl (C=O) groups excluding carboxylic acids is 3. The molecule has 5 N–H and O–H groups in total. The minimum atomic E-state index is -1.09. The molecule has 2 saturated heterocycles. The van der Waals surface area contributed by atoms with E-state index in [4.69, 9.17) is 20.4 Å². The molecule has 54 heavy (non-hydrogen) atoms. The summed E-state index contributed by atoms with van der Waals surface area (Å²) in [5.41, 5.74) is 0. The molecule has 12 heteroatoms. The average Bonchev–Trinajstić information content (AvgIpc) is 3.72. The molecule has 2 heterocycles. The van der Waals surface area contributed by atoms with E-state index in [0.29, 0.717) is 39.3 Å². The number of rotatable bonds is 32.